The van der Waals surface area contributed by atoms with Crippen LogP contribution in [0.3, 0.4) is 0 Å². The van der Waals surface area contributed by atoms with Gasteiger partial charge in [0.15, 0.2) is 0 Å². The van der Waals surface area contributed by atoms with Crippen LogP contribution in [0.5, 0.6) is 0 Å². The van der Waals surface area contributed by atoms with Gasteiger partial charge in [0, 0.05) is 25.2 Å². The zero-order valence-electron chi connectivity index (χ0n) is 12.0. The van der Waals surface area contributed by atoms with Gasteiger partial charge in [-0.15, -0.1) is 0 Å². The molecule has 0 bridgehead atoms. The van der Waals surface area contributed by atoms with Crippen LogP contribution < -0.4 is 5.32 Å². The molecule has 4 nitrogen and oxygen atoms in total. The molecular formula is C14H28N2O2. The molecule has 0 aromatic heterocycles. The maximum absolute atomic E-state index is 12.3. The summed E-state index contributed by atoms with van der Waals surface area (Å²) >= 11 is 0. The van der Waals surface area contributed by atoms with Gasteiger partial charge in [-0.2, -0.15) is 0 Å². The van der Waals surface area contributed by atoms with Crippen LogP contribution in [-0.2, 0) is 4.79 Å². The first-order valence-corrected chi connectivity index (χ1v) is 7.13. The van der Waals surface area contributed by atoms with Crippen molar-refractivity contribution in [3.05, 3.63) is 0 Å². The van der Waals surface area contributed by atoms with Crippen molar-refractivity contribution in [3.8, 4) is 0 Å². The number of rotatable bonds is 5. The molecule has 0 aromatic rings. The van der Waals surface area contributed by atoms with Crippen LogP contribution in [0.4, 0.5) is 0 Å². The summed E-state index contributed by atoms with van der Waals surface area (Å²) in [4.78, 5) is 14.3. The van der Waals surface area contributed by atoms with Crippen molar-refractivity contribution in [3.63, 3.8) is 0 Å². The van der Waals surface area contributed by atoms with Gasteiger partial charge < -0.3 is 15.3 Å². The molecule has 0 spiro atoms. The van der Waals surface area contributed by atoms with Gasteiger partial charge in [0.2, 0.25) is 5.91 Å². The lowest BCUT2D eigenvalue weighted by molar-refractivity contribution is -0.133. The number of carbonyl (C=O) groups is 1. The van der Waals surface area contributed by atoms with Gasteiger partial charge in [-0.1, -0.05) is 12.8 Å². The first kappa shape index (κ1) is 15.4. The van der Waals surface area contributed by atoms with Crippen molar-refractivity contribution < 1.29 is 9.90 Å². The largest absolute Gasteiger partial charge is 0.396 e. The van der Waals surface area contributed by atoms with Crippen LogP contribution in [0.2, 0.25) is 0 Å². The molecule has 0 radical (unpaired) electrons. The minimum absolute atomic E-state index is 0.143. The molecule has 2 N–H and O–H groups in total. The summed E-state index contributed by atoms with van der Waals surface area (Å²) in [5.74, 6) is 0.197. The van der Waals surface area contributed by atoms with Crippen LogP contribution >= 0.6 is 0 Å². The van der Waals surface area contributed by atoms with E-state index in [-0.39, 0.29) is 24.1 Å². The van der Waals surface area contributed by atoms with E-state index < -0.39 is 0 Å². The van der Waals surface area contributed by atoms with Crippen LogP contribution in [0.15, 0.2) is 0 Å². The minimum Gasteiger partial charge on any atom is -0.396 e. The van der Waals surface area contributed by atoms with E-state index in [1.165, 1.54) is 12.8 Å². The van der Waals surface area contributed by atoms with E-state index in [2.05, 4.69) is 5.32 Å². The van der Waals surface area contributed by atoms with E-state index in [0.29, 0.717) is 6.42 Å². The number of aliphatic hydroxyl groups is 1. The Morgan fingerprint density at radius 1 is 1.28 bits per heavy atom. The van der Waals surface area contributed by atoms with E-state index in [9.17, 15) is 4.79 Å². The van der Waals surface area contributed by atoms with Crippen molar-refractivity contribution in [2.24, 2.45) is 0 Å². The molecule has 1 rings (SSSR count). The third-order valence-electron chi connectivity index (χ3n) is 3.63. The van der Waals surface area contributed by atoms with Crippen LogP contribution in [0, 0.1) is 0 Å². The third kappa shape index (κ3) is 4.94. The normalized spacial score (nSPS) is 19.4. The predicted octanol–water partition coefficient (Wildman–Crippen LogP) is 1.53. The minimum atomic E-state index is -0.199. The maximum atomic E-state index is 12.3. The van der Waals surface area contributed by atoms with Crippen LogP contribution in [-0.4, -0.2) is 47.2 Å². The molecule has 1 aliphatic rings. The standard InChI is InChI=1S/C14H28N2O2/c1-12(15-14(2,3)8-11-17)13(18)16-9-6-4-5-7-10-16/h12,15,17H,4-11H2,1-3H3. The van der Waals surface area contributed by atoms with Crippen molar-refractivity contribution >= 4 is 5.91 Å². The number of likely N-dealkylation sites (tertiary alicyclic amines) is 1. The Balaban J connectivity index is 2.49. The van der Waals surface area contributed by atoms with E-state index in [1.807, 2.05) is 25.7 Å². The van der Waals surface area contributed by atoms with Crippen molar-refractivity contribution in [2.45, 2.75) is 64.5 Å². The van der Waals surface area contributed by atoms with E-state index in [4.69, 9.17) is 5.11 Å². The zero-order valence-corrected chi connectivity index (χ0v) is 12.0. The van der Waals surface area contributed by atoms with Gasteiger partial charge >= 0.3 is 0 Å². The molecule has 18 heavy (non-hydrogen) atoms. The second-order valence-electron chi connectivity index (χ2n) is 5.96. The summed E-state index contributed by atoms with van der Waals surface area (Å²) in [7, 11) is 0. The second kappa shape index (κ2) is 7.10. The fourth-order valence-electron chi connectivity index (χ4n) is 2.56. The smallest absolute Gasteiger partial charge is 0.239 e. The maximum Gasteiger partial charge on any atom is 0.239 e. The molecule has 1 amide bonds. The van der Waals surface area contributed by atoms with Gasteiger partial charge in [-0.3, -0.25) is 4.79 Å². The lowest BCUT2D eigenvalue weighted by Gasteiger charge is -2.32. The number of nitrogens with one attached hydrogen (secondary N) is 1. The predicted molar refractivity (Wildman–Crippen MR) is 73.4 cm³/mol. The molecular weight excluding hydrogens is 228 g/mol. The molecule has 0 aliphatic carbocycles. The number of aliphatic hydroxyl groups excluding tert-OH is 1. The SMILES string of the molecule is CC(NC(C)(C)CCO)C(=O)N1CCCCCC1. The number of hydrogen-bond donors (Lipinski definition) is 2. The highest BCUT2D eigenvalue weighted by atomic mass is 16.3. The number of carbonyl (C=O) groups excluding carboxylic acids is 1. The average molecular weight is 256 g/mol. The van der Waals surface area contributed by atoms with Crippen molar-refractivity contribution in [1.29, 1.82) is 0 Å². The molecule has 1 fully saturated rings. The second-order valence-corrected chi connectivity index (χ2v) is 5.96. The first-order valence-electron chi connectivity index (χ1n) is 7.13. The van der Waals surface area contributed by atoms with E-state index >= 15 is 0 Å². The molecule has 0 aromatic carbocycles. The summed E-state index contributed by atoms with van der Waals surface area (Å²) in [6.45, 7) is 7.90. The number of nitrogens with zero attached hydrogens (tertiary/aromatic N) is 1. The molecule has 1 heterocycles. The Morgan fingerprint density at radius 3 is 2.33 bits per heavy atom. The summed E-state index contributed by atoms with van der Waals surface area (Å²) < 4.78 is 0. The molecule has 4 heteroatoms. The van der Waals surface area contributed by atoms with Gasteiger partial charge in [-0.25, -0.2) is 0 Å². The van der Waals surface area contributed by atoms with Gasteiger partial charge in [-0.05, 0) is 40.0 Å². The Labute approximate surface area is 111 Å². The van der Waals surface area contributed by atoms with Crippen molar-refractivity contribution in [1.82, 2.24) is 10.2 Å². The Bertz CT molecular complexity index is 259. The fourth-order valence-corrected chi connectivity index (χ4v) is 2.56. The number of hydrogen-bond acceptors (Lipinski definition) is 3. The zero-order chi connectivity index (χ0) is 13.6. The van der Waals surface area contributed by atoms with Gasteiger partial charge in [0.25, 0.3) is 0 Å². The highest BCUT2D eigenvalue weighted by Crippen LogP contribution is 2.13. The van der Waals surface area contributed by atoms with E-state index in [0.717, 1.165) is 25.9 Å². The Kier molecular flexibility index (Phi) is 6.09. The van der Waals surface area contributed by atoms with Crippen LogP contribution in [0.1, 0.15) is 52.9 Å². The quantitative estimate of drug-likeness (QED) is 0.784. The molecule has 106 valence electrons. The molecule has 1 aliphatic heterocycles. The average Bonchev–Trinajstić information content (AvgIpc) is 2.55. The van der Waals surface area contributed by atoms with Gasteiger partial charge in [0.05, 0.1) is 6.04 Å². The monoisotopic (exact) mass is 256 g/mol. The molecule has 1 saturated heterocycles. The summed E-state index contributed by atoms with van der Waals surface area (Å²) in [5.41, 5.74) is -0.199. The summed E-state index contributed by atoms with van der Waals surface area (Å²) in [6.07, 6.45) is 5.38. The first-order chi connectivity index (χ1) is 8.46. The highest BCUT2D eigenvalue weighted by Gasteiger charge is 2.26. The fraction of sp³-hybridized carbons (Fsp3) is 0.929. The number of amides is 1. The Hall–Kier alpha value is -0.610. The summed E-state index contributed by atoms with van der Waals surface area (Å²) in [5, 5.41) is 12.3. The van der Waals surface area contributed by atoms with E-state index in [1.54, 1.807) is 0 Å². The lowest BCUT2D eigenvalue weighted by Crippen LogP contribution is -2.53. The van der Waals surface area contributed by atoms with Crippen molar-refractivity contribution in [2.75, 3.05) is 19.7 Å². The third-order valence-corrected chi connectivity index (χ3v) is 3.63. The van der Waals surface area contributed by atoms with Gasteiger partial charge in [0.1, 0.15) is 0 Å². The summed E-state index contributed by atoms with van der Waals surface area (Å²) in [6, 6.07) is -0.176. The Morgan fingerprint density at radius 2 is 1.83 bits per heavy atom. The lowest BCUT2D eigenvalue weighted by atomic mass is 10.00. The molecule has 1 atom stereocenters. The highest BCUT2D eigenvalue weighted by molar-refractivity contribution is 5.81. The molecule has 0 saturated carbocycles. The topological polar surface area (TPSA) is 52.6 Å². The molecule has 1 unspecified atom stereocenters. The van der Waals surface area contributed by atoms with Crippen LogP contribution in [0.25, 0.3) is 0 Å².